The molecule has 4 nitrogen and oxygen atoms in total. The largest absolute Gasteiger partial charge is 0.396 e. The van der Waals surface area contributed by atoms with Crippen molar-refractivity contribution in [1.82, 2.24) is 5.32 Å². The molecule has 0 bridgehead atoms. The van der Waals surface area contributed by atoms with E-state index in [4.69, 9.17) is 5.11 Å². The predicted octanol–water partition coefficient (Wildman–Crippen LogP) is 1.30. The van der Waals surface area contributed by atoms with Crippen molar-refractivity contribution in [2.75, 3.05) is 24.6 Å². The topological polar surface area (TPSA) is 52.6 Å². The summed E-state index contributed by atoms with van der Waals surface area (Å²) in [6.07, 6.45) is 0.472. The van der Waals surface area contributed by atoms with Crippen LogP contribution in [-0.4, -0.2) is 36.8 Å². The number of rotatable bonds is 3. The molecule has 1 aliphatic heterocycles. The van der Waals surface area contributed by atoms with Gasteiger partial charge >= 0.3 is 0 Å². The van der Waals surface area contributed by atoms with Gasteiger partial charge in [-0.05, 0) is 38.3 Å². The van der Waals surface area contributed by atoms with Crippen LogP contribution in [0.5, 0.6) is 0 Å². The average Bonchev–Trinajstić information content (AvgIpc) is 2.32. The lowest BCUT2D eigenvalue weighted by atomic mass is 10.0. The maximum atomic E-state index is 12.5. The number of hydrogen-bond donors (Lipinski definition) is 2. The number of piperazine rings is 1. The van der Waals surface area contributed by atoms with E-state index in [-0.39, 0.29) is 18.6 Å². The van der Waals surface area contributed by atoms with E-state index in [0.29, 0.717) is 13.0 Å². The zero-order chi connectivity index (χ0) is 14.0. The Balaban J connectivity index is 2.33. The van der Waals surface area contributed by atoms with E-state index < -0.39 is 0 Å². The fraction of sp³-hybridized carbons (Fsp3) is 0.533. The molecule has 0 radical (unpaired) electrons. The summed E-state index contributed by atoms with van der Waals surface area (Å²) in [7, 11) is 0. The van der Waals surface area contributed by atoms with E-state index >= 15 is 0 Å². The number of aliphatic hydroxyl groups excluding tert-OH is 1. The van der Waals surface area contributed by atoms with E-state index in [1.165, 1.54) is 5.56 Å². The standard InChI is InChI=1S/C15H22N2O2/c1-10-8-11(2)14(12(3)9-10)17-6-5-16-13(4-7-18)15(17)19/h8-9,13,16,18H,4-7H2,1-3H3. The molecule has 0 saturated carbocycles. The van der Waals surface area contributed by atoms with Crippen LogP contribution in [0.15, 0.2) is 12.1 Å². The lowest BCUT2D eigenvalue weighted by molar-refractivity contribution is -0.122. The number of aliphatic hydroxyl groups is 1. The number of nitrogens with zero attached hydrogens (tertiary/aromatic N) is 1. The lowest BCUT2D eigenvalue weighted by Crippen LogP contribution is -2.55. The summed E-state index contributed by atoms with van der Waals surface area (Å²) >= 11 is 0. The monoisotopic (exact) mass is 262 g/mol. The molecule has 2 rings (SSSR count). The quantitative estimate of drug-likeness (QED) is 0.863. The number of carbonyl (C=O) groups is 1. The third kappa shape index (κ3) is 2.80. The number of benzene rings is 1. The first-order valence-electron chi connectivity index (χ1n) is 6.78. The molecule has 1 heterocycles. The molecular weight excluding hydrogens is 240 g/mol. The van der Waals surface area contributed by atoms with Crippen molar-refractivity contribution in [2.24, 2.45) is 0 Å². The highest BCUT2D eigenvalue weighted by Gasteiger charge is 2.30. The third-order valence-electron chi connectivity index (χ3n) is 3.61. The fourth-order valence-corrected chi connectivity index (χ4v) is 2.91. The molecule has 0 aliphatic carbocycles. The van der Waals surface area contributed by atoms with Crippen molar-refractivity contribution < 1.29 is 9.90 Å². The number of aryl methyl sites for hydroxylation is 3. The van der Waals surface area contributed by atoms with Crippen LogP contribution in [0.2, 0.25) is 0 Å². The average molecular weight is 262 g/mol. The van der Waals surface area contributed by atoms with Gasteiger partial charge in [0, 0.05) is 25.4 Å². The molecule has 2 N–H and O–H groups in total. The second-order valence-corrected chi connectivity index (χ2v) is 5.26. The Morgan fingerprint density at radius 1 is 1.32 bits per heavy atom. The van der Waals surface area contributed by atoms with Crippen LogP contribution in [-0.2, 0) is 4.79 Å². The van der Waals surface area contributed by atoms with Gasteiger partial charge in [0.1, 0.15) is 0 Å². The molecule has 104 valence electrons. The van der Waals surface area contributed by atoms with Crippen LogP contribution in [0.25, 0.3) is 0 Å². The Morgan fingerprint density at radius 2 is 1.95 bits per heavy atom. The molecule has 0 aromatic heterocycles. The molecule has 0 spiro atoms. The van der Waals surface area contributed by atoms with Crippen molar-refractivity contribution in [3.63, 3.8) is 0 Å². The second-order valence-electron chi connectivity index (χ2n) is 5.26. The molecule has 1 unspecified atom stereocenters. The molecule has 19 heavy (non-hydrogen) atoms. The summed E-state index contributed by atoms with van der Waals surface area (Å²) in [4.78, 5) is 14.3. The zero-order valence-electron chi connectivity index (χ0n) is 11.9. The molecule has 1 amide bonds. The minimum absolute atomic E-state index is 0.0309. The van der Waals surface area contributed by atoms with Crippen molar-refractivity contribution in [1.29, 1.82) is 0 Å². The van der Waals surface area contributed by atoms with Crippen LogP contribution in [0.4, 0.5) is 5.69 Å². The Morgan fingerprint density at radius 3 is 2.53 bits per heavy atom. The summed E-state index contributed by atoms with van der Waals surface area (Å²) in [5, 5.41) is 12.2. The second kappa shape index (κ2) is 5.72. The van der Waals surface area contributed by atoms with E-state index in [9.17, 15) is 4.79 Å². The summed E-state index contributed by atoms with van der Waals surface area (Å²) in [5.74, 6) is 0.0651. The van der Waals surface area contributed by atoms with Gasteiger partial charge in [-0.2, -0.15) is 0 Å². The van der Waals surface area contributed by atoms with Gasteiger partial charge in [0.2, 0.25) is 5.91 Å². The Bertz CT molecular complexity index is 460. The number of anilines is 1. The van der Waals surface area contributed by atoms with Crippen molar-refractivity contribution >= 4 is 11.6 Å². The van der Waals surface area contributed by atoms with E-state index in [1.807, 2.05) is 18.7 Å². The Kier molecular flexibility index (Phi) is 4.22. The molecule has 1 aromatic rings. The summed E-state index contributed by atoms with van der Waals surface area (Å²) in [6, 6.07) is 3.95. The number of nitrogens with one attached hydrogen (secondary N) is 1. The molecule has 4 heteroatoms. The van der Waals surface area contributed by atoms with Crippen LogP contribution in [0, 0.1) is 20.8 Å². The Hall–Kier alpha value is -1.39. The van der Waals surface area contributed by atoms with Gasteiger partial charge in [0.05, 0.1) is 6.04 Å². The van der Waals surface area contributed by atoms with Crippen molar-refractivity contribution in [3.05, 3.63) is 28.8 Å². The van der Waals surface area contributed by atoms with Crippen LogP contribution >= 0.6 is 0 Å². The maximum Gasteiger partial charge on any atom is 0.244 e. The zero-order valence-corrected chi connectivity index (χ0v) is 11.9. The maximum absolute atomic E-state index is 12.5. The van der Waals surface area contributed by atoms with Gasteiger partial charge in [-0.15, -0.1) is 0 Å². The van der Waals surface area contributed by atoms with Gasteiger partial charge in [0.25, 0.3) is 0 Å². The first kappa shape index (κ1) is 14.0. The van der Waals surface area contributed by atoms with Gasteiger partial charge in [0.15, 0.2) is 0 Å². The van der Waals surface area contributed by atoms with Gasteiger partial charge < -0.3 is 15.3 Å². The predicted molar refractivity (Wildman–Crippen MR) is 76.5 cm³/mol. The highest BCUT2D eigenvalue weighted by molar-refractivity contribution is 5.99. The molecule has 1 aliphatic rings. The third-order valence-corrected chi connectivity index (χ3v) is 3.61. The number of amides is 1. The highest BCUT2D eigenvalue weighted by atomic mass is 16.3. The van der Waals surface area contributed by atoms with E-state index in [1.54, 1.807) is 0 Å². The first-order valence-corrected chi connectivity index (χ1v) is 6.78. The van der Waals surface area contributed by atoms with Gasteiger partial charge in [-0.1, -0.05) is 17.7 Å². The number of carbonyl (C=O) groups excluding carboxylic acids is 1. The van der Waals surface area contributed by atoms with Crippen molar-refractivity contribution in [3.8, 4) is 0 Å². The summed E-state index contributed by atoms with van der Waals surface area (Å²) in [5.41, 5.74) is 4.51. The molecule has 1 atom stereocenters. The summed E-state index contributed by atoms with van der Waals surface area (Å²) in [6.45, 7) is 7.65. The number of hydrogen-bond acceptors (Lipinski definition) is 3. The molecule has 1 aromatic carbocycles. The van der Waals surface area contributed by atoms with Gasteiger partial charge in [-0.25, -0.2) is 0 Å². The van der Waals surface area contributed by atoms with Crippen LogP contribution in [0.1, 0.15) is 23.1 Å². The fourth-order valence-electron chi connectivity index (χ4n) is 2.91. The first-order chi connectivity index (χ1) is 9.04. The highest BCUT2D eigenvalue weighted by Crippen LogP contribution is 2.27. The van der Waals surface area contributed by atoms with E-state index in [2.05, 4.69) is 24.4 Å². The van der Waals surface area contributed by atoms with Crippen LogP contribution in [0.3, 0.4) is 0 Å². The lowest BCUT2D eigenvalue weighted by Gasteiger charge is -2.35. The van der Waals surface area contributed by atoms with Crippen LogP contribution < -0.4 is 10.2 Å². The minimum atomic E-state index is -0.265. The van der Waals surface area contributed by atoms with Crippen molar-refractivity contribution in [2.45, 2.75) is 33.2 Å². The molecular formula is C15H22N2O2. The minimum Gasteiger partial charge on any atom is -0.396 e. The molecule has 1 fully saturated rings. The summed E-state index contributed by atoms with van der Waals surface area (Å²) < 4.78 is 0. The Labute approximate surface area is 114 Å². The van der Waals surface area contributed by atoms with E-state index in [0.717, 1.165) is 23.4 Å². The SMILES string of the molecule is Cc1cc(C)c(N2CCNC(CCO)C2=O)c(C)c1. The normalized spacial score (nSPS) is 19.9. The smallest absolute Gasteiger partial charge is 0.244 e. The molecule has 1 saturated heterocycles. The van der Waals surface area contributed by atoms with Gasteiger partial charge in [-0.3, -0.25) is 4.79 Å².